The Morgan fingerprint density at radius 1 is 1.04 bits per heavy atom. The summed E-state index contributed by atoms with van der Waals surface area (Å²) in [7, 11) is 0. The number of nitrogens with one attached hydrogen (secondary N) is 1. The van der Waals surface area contributed by atoms with Crippen LogP contribution in [0.5, 0.6) is 0 Å². The summed E-state index contributed by atoms with van der Waals surface area (Å²) >= 11 is 0. The number of rotatable bonds is 11. The zero-order valence-corrected chi connectivity index (χ0v) is 17.0. The van der Waals surface area contributed by atoms with Gasteiger partial charge in [0.2, 0.25) is 5.91 Å². The van der Waals surface area contributed by atoms with Crippen molar-refractivity contribution in [1.29, 1.82) is 10.5 Å². The van der Waals surface area contributed by atoms with Gasteiger partial charge in [-0.1, -0.05) is 52.0 Å². The molecule has 2 atom stereocenters. The van der Waals surface area contributed by atoms with E-state index in [0.29, 0.717) is 24.9 Å². The monoisotopic (exact) mass is 368 g/mol. The minimum absolute atomic E-state index is 0.0672. The maximum absolute atomic E-state index is 12.5. The molecule has 1 aromatic rings. The first-order valence-electron chi connectivity index (χ1n) is 9.79. The summed E-state index contributed by atoms with van der Waals surface area (Å²) in [5, 5.41) is 20.9. The van der Waals surface area contributed by atoms with Crippen molar-refractivity contribution in [3.63, 3.8) is 0 Å². The fraction of sp³-hybridized carbons (Fsp3) is 0.591. The Morgan fingerprint density at radius 2 is 1.56 bits per heavy atom. The second kappa shape index (κ2) is 12.1. The molecule has 5 heteroatoms. The second-order valence-corrected chi connectivity index (χ2v) is 7.28. The van der Waals surface area contributed by atoms with Crippen molar-refractivity contribution < 1.29 is 4.79 Å². The number of benzene rings is 1. The van der Waals surface area contributed by atoms with Crippen molar-refractivity contribution in [3.8, 4) is 12.1 Å². The van der Waals surface area contributed by atoms with Gasteiger partial charge in [0.25, 0.3) is 0 Å². The Balaban J connectivity index is 2.77. The van der Waals surface area contributed by atoms with E-state index in [-0.39, 0.29) is 31.3 Å². The lowest BCUT2D eigenvalue weighted by Crippen LogP contribution is -2.41. The van der Waals surface area contributed by atoms with E-state index in [1.54, 1.807) is 4.90 Å². The Bertz CT molecular complexity index is 636. The predicted molar refractivity (Wildman–Crippen MR) is 108 cm³/mol. The van der Waals surface area contributed by atoms with Crippen molar-refractivity contribution in [3.05, 3.63) is 35.4 Å². The number of hydrogen-bond donors (Lipinski definition) is 1. The lowest BCUT2D eigenvalue weighted by Gasteiger charge is -2.26. The van der Waals surface area contributed by atoms with E-state index in [2.05, 4.69) is 69.4 Å². The van der Waals surface area contributed by atoms with Gasteiger partial charge >= 0.3 is 0 Å². The van der Waals surface area contributed by atoms with Crippen LogP contribution in [0.25, 0.3) is 0 Å². The molecule has 5 nitrogen and oxygen atoms in total. The first kappa shape index (κ1) is 22.7. The molecule has 27 heavy (non-hydrogen) atoms. The van der Waals surface area contributed by atoms with E-state index in [1.165, 1.54) is 11.1 Å². The molecule has 1 rings (SSSR count). The second-order valence-electron chi connectivity index (χ2n) is 7.28. The smallest absolute Gasteiger partial charge is 0.236 e. The number of amides is 1. The van der Waals surface area contributed by atoms with Gasteiger partial charge < -0.3 is 10.2 Å². The predicted octanol–water partition coefficient (Wildman–Crippen LogP) is 4.14. The molecule has 0 bridgehead atoms. The average Bonchev–Trinajstić information content (AvgIpc) is 2.67. The fourth-order valence-electron chi connectivity index (χ4n) is 3.05. The highest BCUT2D eigenvalue weighted by Crippen LogP contribution is 2.25. The van der Waals surface area contributed by atoms with Crippen LogP contribution in [0.4, 0.5) is 0 Å². The Labute approximate surface area is 164 Å². The first-order chi connectivity index (χ1) is 12.9. The largest absolute Gasteiger partial charge is 0.340 e. The van der Waals surface area contributed by atoms with E-state index in [4.69, 9.17) is 10.5 Å². The first-order valence-corrected chi connectivity index (χ1v) is 9.79. The molecule has 1 N–H and O–H groups in total. The molecular formula is C22H32N4O. The number of carbonyl (C=O) groups is 1. The zero-order valence-electron chi connectivity index (χ0n) is 17.0. The topological polar surface area (TPSA) is 79.9 Å². The van der Waals surface area contributed by atoms with E-state index in [9.17, 15) is 4.79 Å². The summed E-state index contributed by atoms with van der Waals surface area (Å²) in [5.74, 6) is 0.807. The standard InChI is InChI=1S/C22H32N4O/c1-5-18(4)19-8-10-20(11-9-19)22(17(2)3)25-16-21(27)26(14-6-12-23)15-7-13-24/h8-11,17-18,22,25H,5-7,14-16H2,1-4H3. The van der Waals surface area contributed by atoms with Crippen molar-refractivity contribution in [2.45, 2.75) is 58.9 Å². The summed E-state index contributed by atoms with van der Waals surface area (Å²) in [4.78, 5) is 14.1. The molecule has 0 saturated heterocycles. The van der Waals surface area contributed by atoms with Gasteiger partial charge in [0.1, 0.15) is 0 Å². The lowest BCUT2D eigenvalue weighted by atomic mass is 9.92. The van der Waals surface area contributed by atoms with Crippen molar-refractivity contribution in [2.24, 2.45) is 5.92 Å². The number of hydrogen-bond acceptors (Lipinski definition) is 4. The molecule has 146 valence electrons. The molecule has 0 aromatic heterocycles. The summed E-state index contributed by atoms with van der Waals surface area (Å²) in [6.07, 6.45) is 1.67. The number of nitriles is 2. The van der Waals surface area contributed by atoms with Gasteiger partial charge in [0.05, 0.1) is 31.5 Å². The van der Waals surface area contributed by atoms with Crippen LogP contribution >= 0.6 is 0 Å². The van der Waals surface area contributed by atoms with Crippen LogP contribution in [0.2, 0.25) is 0 Å². The molecule has 0 fully saturated rings. The Hall–Kier alpha value is -2.37. The van der Waals surface area contributed by atoms with E-state index in [0.717, 1.165) is 6.42 Å². The van der Waals surface area contributed by atoms with Crippen LogP contribution in [-0.2, 0) is 4.79 Å². The lowest BCUT2D eigenvalue weighted by molar-refractivity contribution is -0.130. The SMILES string of the molecule is CCC(C)c1ccc(C(NCC(=O)N(CCC#N)CCC#N)C(C)C)cc1. The summed E-state index contributed by atoms with van der Waals surface area (Å²) in [6, 6.07) is 12.8. The minimum atomic E-state index is -0.0672. The van der Waals surface area contributed by atoms with Crippen LogP contribution in [0.1, 0.15) is 70.0 Å². The van der Waals surface area contributed by atoms with Crippen LogP contribution in [0.3, 0.4) is 0 Å². The number of carbonyl (C=O) groups excluding carboxylic acids is 1. The Morgan fingerprint density at radius 3 is 2.00 bits per heavy atom. The van der Waals surface area contributed by atoms with E-state index in [1.807, 2.05) is 0 Å². The Kier molecular flexibility index (Phi) is 10.2. The molecule has 1 amide bonds. The molecule has 0 heterocycles. The van der Waals surface area contributed by atoms with Gasteiger partial charge in [-0.25, -0.2) is 0 Å². The molecule has 2 unspecified atom stereocenters. The van der Waals surface area contributed by atoms with Gasteiger partial charge in [-0.3, -0.25) is 4.79 Å². The normalized spacial score (nSPS) is 12.9. The highest BCUT2D eigenvalue weighted by atomic mass is 16.2. The van der Waals surface area contributed by atoms with Crippen LogP contribution in [0, 0.1) is 28.6 Å². The van der Waals surface area contributed by atoms with Crippen LogP contribution in [0.15, 0.2) is 24.3 Å². The number of nitrogens with zero attached hydrogens (tertiary/aromatic N) is 3. The molecule has 0 spiro atoms. The van der Waals surface area contributed by atoms with Crippen LogP contribution < -0.4 is 5.32 Å². The highest BCUT2D eigenvalue weighted by molar-refractivity contribution is 5.78. The van der Waals surface area contributed by atoms with Crippen LogP contribution in [-0.4, -0.2) is 30.4 Å². The van der Waals surface area contributed by atoms with Gasteiger partial charge in [0, 0.05) is 19.1 Å². The molecular weight excluding hydrogens is 336 g/mol. The quantitative estimate of drug-likeness (QED) is 0.636. The maximum Gasteiger partial charge on any atom is 0.236 e. The fourth-order valence-corrected chi connectivity index (χ4v) is 3.05. The molecule has 0 aliphatic rings. The third-order valence-corrected chi connectivity index (χ3v) is 4.96. The maximum atomic E-state index is 12.5. The van der Waals surface area contributed by atoms with Crippen molar-refractivity contribution >= 4 is 5.91 Å². The molecule has 1 aromatic carbocycles. The molecule has 0 aliphatic carbocycles. The highest BCUT2D eigenvalue weighted by Gasteiger charge is 2.19. The van der Waals surface area contributed by atoms with Gasteiger partial charge in [-0.15, -0.1) is 0 Å². The molecule has 0 radical (unpaired) electrons. The van der Waals surface area contributed by atoms with Gasteiger partial charge in [-0.05, 0) is 29.4 Å². The summed E-state index contributed by atoms with van der Waals surface area (Å²) in [6.45, 7) is 9.62. The summed E-state index contributed by atoms with van der Waals surface area (Å²) in [5.41, 5.74) is 2.50. The van der Waals surface area contributed by atoms with E-state index >= 15 is 0 Å². The van der Waals surface area contributed by atoms with Gasteiger partial charge in [-0.2, -0.15) is 10.5 Å². The van der Waals surface area contributed by atoms with Crippen molar-refractivity contribution in [1.82, 2.24) is 10.2 Å². The summed E-state index contributed by atoms with van der Waals surface area (Å²) < 4.78 is 0. The van der Waals surface area contributed by atoms with Crippen molar-refractivity contribution in [2.75, 3.05) is 19.6 Å². The zero-order chi connectivity index (χ0) is 20.2. The minimum Gasteiger partial charge on any atom is -0.340 e. The molecule has 0 saturated carbocycles. The van der Waals surface area contributed by atoms with Gasteiger partial charge in [0.15, 0.2) is 0 Å². The average molecular weight is 369 g/mol. The van der Waals surface area contributed by atoms with E-state index < -0.39 is 0 Å². The third kappa shape index (κ3) is 7.41. The molecule has 0 aliphatic heterocycles. The third-order valence-electron chi connectivity index (χ3n) is 4.96.